The monoisotopic (exact) mass is 382 g/mol. The van der Waals surface area contributed by atoms with Gasteiger partial charge in [0.25, 0.3) is 0 Å². The van der Waals surface area contributed by atoms with Gasteiger partial charge >= 0.3 is 0 Å². The van der Waals surface area contributed by atoms with Crippen LogP contribution >= 0.6 is 0 Å². The second kappa shape index (κ2) is 9.26. The molecule has 0 saturated heterocycles. The highest BCUT2D eigenvalue weighted by Crippen LogP contribution is 2.30. The lowest BCUT2D eigenvalue weighted by Crippen LogP contribution is -2.27. The van der Waals surface area contributed by atoms with Gasteiger partial charge in [0.1, 0.15) is 0 Å². The number of aliphatic imine (C=N–C) groups is 2. The van der Waals surface area contributed by atoms with Crippen LogP contribution in [0.3, 0.4) is 0 Å². The van der Waals surface area contributed by atoms with Crippen molar-refractivity contribution in [2.24, 2.45) is 9.98 Å². The van der Waals surface area contributed by atoms with E-state index in [1.807, 2.05) is 12.1 Å². The van der Waals surface area contributed by atoms with Crippen LogP contribution in [0.5, 0.6) is 23.0 Å². The molecule has 6 nitrogen and oxygen atoms in total. The molecule has 0 heterocycles. The summed E-state index contributed by atoms with van der Waals surface area (Å²) in [6.07, 6.45) is 7.46. The van der Waals surface area contributed by atoms with Gasteiger partial charge in [0.15, 0.2) is 23.0 Å². The summed E-state index contributed by atoms with van der Waals surface area (Å²) in [7, 11) is 3.05. The maximum absolute atomic E-state index is 10.2. The van der Waals surface area contributed by atoms with E-state index in [0.717, 1.165) is 25.7 Å². The SMILES string of the molecule is COc1cccc(C=NC2CCCCC2N=Cc2cccc(OC)c2O)c1O. The average Bonchev–Trinajstić information content (AvgIpc) is 2.73. The van der Waals surface area contributed by atoms with Gasteiger partial charge in [-0.15, -0.1) is 0 Å². The first kappa shape index (κ1) is 19.7. The van der Waals surface area contributed by atoms with E-state index in [4.69, 9.17) is 19.5 Å². The Morgan fingerprint density at radius 3 is 1.61 bits per heavy atom. The van der Waals surface area contributed by atoms with Crippen LogP contribution in [0.4, 0.5) is 0 Å². The molecule has 0 spiro atoms. The molecule has 1 fully saturated rings. The summed E-state index contributed by atoms with van der Waals surface area (Å²) in [4.78, 5) is 9.40. The Bertz CT molecular complexity index is 792. The van der Waals surface area contributed by atoms with E-state index < -0.39 is 0 Å². The Morgan fingerprint density at radius 1 is 0.786 bits per heavy atom. The maximum Gasteiger partial charge on any atom is 0.166 e. The lowest BCUT2D eigenvalue weighted by Gasteiger charge is -2.25. The largest absolute Gasteiger partial charge is 0.504 e. The minimum Gasteiger partial charge on any atom is -0.504 e. The molecule has 1 aliphatic carbocycles. The molecule has 148 valence electrons. The fourth-order valence-electron chi connectivity index (χ4n) is 3.41. The van der Waals surface area contributed by atoms with E-state index in [1.165, 1.54) is 14.2 Å². The van der Waals surface area contributed by atoms with Crippen LogP contribution < -0.4 is 9.47 Å². The number of rotatable bonds is 6. The van der Waals surface area contributed by atoms with Crippen molar-refractivity contribution in [2.75, 3.05) is 14.2 Å². The van der Waals surface area contributed by atoms with Crippen LogP contribution in [0.1, 0.15) is 36.8 Å². The second-order valence-electron chi connectivity index (χ2n) is 6.77. The number of hydrogen-bond acceptors (Lipinski definition) is 6. The maximum atomic E-state index is 10.2. The minimum atomic E-state index is 0.0309. The third-order valence-electron chi connectivity index (χ3n) is 5.00. The topological polar surface area (TPSA) is 83.6 Å². The van der Waals surface area contributed by atoms with Crippen molar-refractivity contribution >= 4 is 12.4 Å². The zero-order chi connectivity index (χ0) is 19.9. The zero-order valence-corrected chi connectivity index (χ0v) is 16.2. The number of benzene rings is 2. The first-order valence-electron chi connectivity index (χ1n) is 9.42. The van der Waals surface area contributed by atoms with Crippen LogP contribution in [0.15, 0.2) is 46.4 Å². The molecule has 0 bridgehead atoms. The predicted molar refractivity (Wildman–Crippen MR) is 111 cm³/mol. The van der Waals surface area contributed by atoms with Gasteiger partial charge in [-0.05, 0) is 37.1 Å². The summed E-state index contributed by atoms with van der Waals surface area (Å²) in [5, 5.41) is 20.5. The quantitative estimate of drug-likeness (QED) is 0.741. The van der Waals surface area contributed by atoms with Crippen molar-refractivity contribution in [3.63, 3.8) is 0 Å². The molecular weight excluding hydrogens is 356 g/mol. The number of methoxy groups -OCH3 is 2. The Hall–Kier alpha value is -3.02. The Morgan fingerprint density at radius 2 is 1.21 bits per heavy atom. The number of phenols is 2. The molecule has 0 amide bonds. The first-order chi connectivity index (χ1) is 13.6. The van der Waals surface area contributed by atoms with E-state index in [2.05, 4.69) is 0 Å². The molecule has 0 radical (unpaired) electrons. The summed E-state index contributed by atoms with van der Waals surface area (Å²) < 4.78 is 10.3. The van der Waals surface area contributed by atoms with E-state index in [-0.39, 0.29) is 23.6 Å². The Balaban J connectivity index is 1.78. The molecular formula is C22H26N2O4. The van der Waals surface area contributed by atoms with Crippen molar-refractivity contribution in [1.82, 2.24) is 0 Å². The smallest absolute Gasteiger partial charge is 0.166 e. The molecule has 2 N–H and O–H groups in total. The van der Waals surface area contributed by atoms with Gasteiger partial charge in [-0.2, -0.15) is 0 Å². The van der Waals surface area contributed by atoms with Crippen molar-refractivity contribution in [1.29, 1.82) is 0 Å². The second-order valence-corrected chi connectivity index (χ2v) is 6.77. The third-order valence-corrected chi connectivity index (χ3v) is 5.00. The van der Waals surface area contributed by atoms with Gasteiger partial charge in [0.2, 0.25) is 0 Å². The normalized spacial score (nSPS) is 19.9. The molecule has 2 aromatic carbocycles. The van der Waals surface area contributed by atoms with E-state index in [0.29, 0.717) is 22.6 Å². The molecule has 1 aliphatic rings. The Kier molecular flexibility index (Phi) is 6.53. The molecule has 1 saturated carbocycles. The average molecular weight is 382 g/mol. The standard InChI is InChI=1S/C22H26N2O4/c1-27-19-11-5-7-15(21(19)25)13-23-17-9-3-4-10-18(17)24-14-16-8-6-12-20(28-2)22(16)26/h5-8,11-14,17-18,25-26H,3-4,9-10H2,1-2H3. The van der Waals surface area contributed by atoms with Crippen molar-refractivity contribution in [3.8, 4) is 23.0 Å². The summed E-state index contributed by atoms with van der Waals surface area (Å²) in [6, 6.07) is 10.7. The van der Waals surface area contributed by atoms with Gasteiger partial charge in [0, 0.05) is 23.6 Å². The highest BCUT2D eigenvalue weighted by atomic mass is 16.5. The third kappa shape index (κ3) is 4.44. The number of nitrogens with zero attached hydrogens (tertiary/aromatic N) is 2. The fraction of sp³-hybridized carbons (Fsp3) is 0.364. The van der Waals surface area contributed by atoms with Crippen molar-refractivity contribution in [3.05, 3.63) is 47.5 Å². The number of hydrogen-bond donors (Lipinski definition) is 2. The number of ether oxygens (including phenoxy) is 2. The summed E-state index contributed by atoms with van der Waals surface area (Å²) in [5.41, 5.74) is 1.25. The highest BCUT2D eigenvalue weighted by Gasteiger charge is 2.23. The van der Waals surface area contributed by atoms with Gasteiger partial charge in [-0.1, -0.05) is 25.0 Å². The van der Waals surface area contributed by atoms with Crippen LogP contribution in [0, 0.1) is 0 Å². The van der Waals surface area contributed by atoms with Gasteiger partial charge in [-0.25, -0.2) is 0 Å². The van der Waals surface area contributed by atoms with Gasteiger partial charge < -0.3 is 19.7 Å². The molecule has 28 heavy (non-hydrogen) atoms. The molecule has 2 aromatic rings. The van der Waals surface area contributed by atoms with Crippen LogP contribution in [0.25, 0.3) is 0 Å². The summed E-state index contributed by atoms with van der Waals surface area (Å²) in [6.45, 7) is 0. The molecule has 2 unspecified atom stereocenters. The highest BCUT2D eigenvalue weighted by molar-refractivity contribution is 5.86. The van der Waals surface area contributed by atoms with Gasteiger partial charge in [-0.3, -0.25) is 9.98 Å². The zero-order valence-electron chi connectivity index (χ0n) is 16.2. The van der Waals surface area contributed by atoms with E-state index in [1.54, 1.807) is 36.7 Å². The van der Waals surface area contributed by atoms with Gasteiger partial charge in [0.05, 0.1) is 26.3 Å². The predicted octanol–water partition coefficient (Wildman–Crippen LogP) is 3.96. The minimum absolute atomic E-state index is 0.0309. The van der Waals surface area contributed by atoms with Crippen LogP contribution in [-0.4, -0.2) is 48.9 Å². The molecule has 2 atom stereocenters. The molecule has 0 aliphatic heterocycles. The summed E-state index contributed by atoms with van der Waals surface area (Å²) in [5.74, 6) is 1.03. The molecule has 0 aromatic heterocycles. The van der Waals surface area contributed by atoms with E-state index >= 15 is 0 Å². The molecule has 3 rings (SSSR count). The summed E-state index contributed by atoms with van der Waals surface area (Å²) >= 11 is 0. The lowest BCUT2D eigenvalue weighted by molar-refractivity contribution is 0.372. The molecule has 6 heteroatoms. The number of aromatic hydroxyl groups is 2. The first-order valence-corrected chi connectivity index (χ1v) is 9.42. The van der Waals surface area contributed by atoms with Crippen LogP contribution in [0.2, 0.25) is 0 Å². The van der Waals surface area contributed by atoms with Crippen LogP contribution in [-0.2, 0) is 0 Å². The Labute approximate surface area is 165 Å². The number of phenolic OH excluding ortho intramolecular Hbond substituents is 2. The number of para-hydroxylation sites is 2. The van der Waals surface area contributed by atoms with Crippen molar-refractivity contribution < 1.29 is 19.7 Å². The van der Waals surface area contributed by atoms with Crippen molar-refractivity contribution in [2.45, 2.75) is 37.8 Å². The van der Waals surface area contributed by atoms with E-state index in [9.17, 15) is 10.2 Å². The lowest BCUT2D eigenvalue weighted by atomic mass is 9.91. The fourth-order valence-corrected chi connectivity index (χ4v) is 3.41.